The van der Waals surface area contributed by atoms with Crippen LogP contribution < -0.4 is 28.4 Å². The molecular weight excluding hydrogens is 1400 g/mol. The molecule has 6 aromatic rings. The minimum atomic E-state index is -0.676. The third-order valence-corrected chi connectivity index (χ3v) is 14.0. The predicted molar refractivity (Wildman–Crippen MR) is 383 cm³/mol. The van der Waals surface area contributed by atoms with E-state index in [2.05, 4.69) is 26.3 Å². The zero-order valence-electron chi connectivity index (χ0n) is 59.4. The van der Waals surface area contributed by atoms with Crippen LogP contribution in [0.5, 0.6) is 34.5 Å². The minimum Gasteiger partial charge on any atom is -0.492 e. The molecule has 6 aromatic carbocycles. The number of ether oxygens (including phenoxy) is 20. The number of benzene rings is 6. The van der Waals surface area contributed by atoms with E-state index in [4.69, 9.17) is 94.7 Å². The van der Waals surface area contributed by atoms with Crippen LogP contribution in [-0.2, 0) is 75.9 Å². The van der Waals surface area contributed by atoms with Crippen LogP contribution in [0.3, 0.4) is 0 Å². The van der Waals surface area contributed by atoms with Gasteiger partial charge < -0.3 is 94.7 Å². The molecule has 0 saturated carbocycles. The smallest absolute Gasteiger partial charge is 0.343 e. The van der Waals surface area contributed by atoms with Crippen LogP contribution >= 0.6 is 0 Å². The maximum absolute atomic E-state index is 12.8. The summed E-state index contributed by atoms with van der Waals surface area (Å²) in [5, 5.41) is 0. The van der Waals surface area contributed by atoms with E-state index in [1.54, 1.807) is 48.5 Å². The first-order chi connectivity index (χ1) is 52.2. The number of esters is 8. The number of carbonyl (C=O) groups excluding carboxylic acids is 8. The summed E-state index contributed by atoms with van der Waals surface area (Å²) in [4.78, 5) is 101. The summed E-state index contributed by atoms with van der Waals surface area (Å²) in [6.45, 7) is 19.9. The molecule has 0 aliphatic rings. The fourth-order valence-corrected chi connectivity index (χ4v) is 8.48. The van der Waals surface area contributed by atoms with Crippen molar-refractivity contribution in [2.75, 3.05) is 159 Å². The predicted octanol–water partition coefficient (Wildman–Crippen LogP) is 10.2. The molecule has 0 aromatic heterocycles. The first-order valence-corrected chi connectivity index (χ1v) is 34.1. The molecule has 0 unspecified atom stereocenters. The van der Waals surface area contributed by atoms with Gasteiger partial charge in [0.1, 0.15) is 98.9 Å². The monoisotopic (exact) mass is 1480 g/mol. The van der Waals surface area contributed by atoms with Gasteiger partial charge in [0.25, 0.3) is 0 Å². The van der Waals surface area contributed by atoms with Crippen molar-refractivity contribution in [3.05, 3.63) is 229 Å². The van der Waals surface area contributed by atoms with Crippen molar-refractivity contribution in [2.24, 2.45) is 0 Å². The van der Waals surface area contributed by atoms with Crippen LogP contribution in [0.15, 0.2) is 196 Å². The molecule has 0 N–H and O–H groups in total. The van der Waals surface area contributed by atoms with Gasteiger partial charge in [-0.15, -0.1) is 0 Å². The molecule has 0 atom stereocenters. The van der Waals surface area contributed by atoms with Crippen LogP contribution in [0.4, 0.5) is 0 Å². The van der Waals surface area contributed by atoms with Crippen molar-refractivity contribution in [3.63, 3.8) is 0 Å². The number of carbonyl (C=O) groups is 8. The lowest BCUT2D eigenvalue weighted by atomic mass is 10.2. The normalized spacial score (nSPS) is 10.7. The Kier molecular flexibility index (Phi) is 40.6. The Morgan fingerprint density at radius 3 is 0.673 bits per heavy atom. The Labute approximate surface area is 619 Å². The van der Waals surface area contributed by atoms with E-state index in [9.17, 15) is 38.4 Å². The molecule has 28 heteroatoms. The minimum absolute atomic E-state index is 0.00159. The van der Waals surface area contributed by atoms with Gasteiger partial charge in [-0.3, -0.25) is 9.59 Å². The van der Waals surface area contributed by atoms with Crippen molar-refractivity contribution in [1.29, 1.82) is 0 Å². The zero-order chi connectivity index (χ0) is 76.3. The van der Waals surface area contributed by atoms with Crippen LogP contribution in [0, 0.1) is 0 Å². The maximum Gasteiger partial charge on any atom is 0.343 e. The molecule has 0 saturated heterocycles. The van der Waals surface area contributed by atoms with Crippen LogP contribution in [-0.4, -0.2) is 206 Å². The summed E-state index contributed by atoms with van der Waals surface area (Å²) in [5.74, 6) is -1.96. The molecule has 107 heavy (non-hydrogen) atoms. The molecule has 0 aliphatic heterocycles. The van der Waals surface area contributed by atoms with E-state index in [1.165, 1.54) is 109 Å². The Morgan fingerprint density at radius 2 is 0.430 bits per heavy atom. The summed E-state index contributed by atoms with van der Waals surface area (Å²) in [6.07, 6.45) is 3.27. The highest BCUT2D eigenvalue weighted by molar-refractivity contribution is 5.95. The van der Waals surface area contributed by atoms with Crippen molar-refractivity contribution in [3.8, 4) is 34.5 Å². The highest BCUT2D eigenvalue weighted by Crippen LogP contribution is 2.22. The Hall–Kier alpha value is -11.1. The summed E-state index contributed by atoms with van der Waals surface area (Å²) >= 11 is 0. The average Bonchev–Trinajstić information content (AvgIpc) is 0.851. The molecule has 0 heterocycles. The molecule has 0 aliphatic carbocycles. The maximum atomic E-state index is 12.8. The largest absolute Gasteiger partial charge is 0.492 e. The molecule has 0 amide bonds. The highest BCUT2D eigenvalue weighted by Gasteiger charge is 2.17. The lowest BCUT2D eigenvalue weighted by Gasteiger charge is -2.09. The zero-order valence-corrected chi connectivity index (χ0v) is 59.4. The van der Waals surface area contributed by atoms with E-state index < -0.39 is 47.8 Å². The third-order valence-electron chi connectivity index (χ3n) is 14.0. The Bertz CT molecular complexity index is 3460. The van der Waals surface area contributed by atoms with Crippen LogP contribution in [0.2, 0.25) is 0 Å². The summed E-state index contributed by atoms with van der Waals surface area (Å²) in [6, 6.07) is 36.0. The third kappa shape index (κ3) is 36.0. The van der Waals surface area contributed by atoms with Crippen molar-refractivity contribution < 1.29 is 133 Å². The first-order valence-electron chi connectivity index (χ1n) is 34.1. The van der Waals surface area contributed by atoms with E-state index >= 15 is 0 Å². The van der Waals surface area contributed by atoms with Gasteiger partial charge in [0.05, 0.1) is 139 Å². The van der Waals surface area contributed by atoms with Gasteiger partial charge in [0.2, 0.25) is 0 Å². The number of allylic oxidation sites excluding steroid dienone is 2. The molecule has 6 rings (SSSR count). The van der Waals surface area contributed by atoms with Gasteiger partial charge in [0.15, 0.2) is 0 Å². The molecule has 572 valence electrons. The fraction of sp³-hybridized carbons (Fsp3) is 0.342. The van der Waals surface area contributed by atoms with Crippen LogP contribution in [0.25, 0.3) is 0 Å². The number of hydrogen-bond donors (Lipinski definition) is 0. The van der Waals surface area contributed by atoms with Crippen molar-refractivity contribution in [2.45, 2.75) is 19.3 Å². The summed E-state index contributed by atoms with van der Waals surface area (Å²) < 4.78 is 108. The van der Waals surface area contributed by atoms with E-state index in [1.807, 2.05) is 0 Å². The molecule has 0 fully saturated rings. The second-order valence-corrected chi connectivity index (χ2v) is 21.9. The standard InChI is InChI=1S/C79H88O28/c1-5-58(3)96-50-42-88-34-36-90-44-52-98-66-22-10-62(11-23-66)76(84)106-70-30-18-64(19-31-70)78(86)104-68-26-14-60(15-27-68)74(82)102-56-48-94-40-38-92-46-54-100-72(80)8-7-9-73(81)101-55-47-93-39-41-95-49-57-103-75(83)61-16-28-69(29-17-61)105-79(87)65-20-32-71(33-21-65)107-77(85)63-12-24-67(25-13-63)99-53-45-91-37-35-89-43-51-97-59(4)6-2/h5-6,10-33H,1-4,7-9,34-57H2. The quantitative estimate of drug-likeness (QED) is 0.00855. The summed E-state index contributed by atoms with van der Waals surface area (Å²) in [5.41, 5.74) is 1.40. The van der Waals surface area contributed by atoms with Gasteiger partial charge >= 0.3 is 47.8 Å². The highest BCUT2D eigenvalue weighted by atomic mass is 16.6. The lowest BCUT2D eigenvalue weighted by Crippen LogP contribution is -2.16. The van der Waals surface area contributed by atoms with E-state index in [-0.39, 0.29) is 155 Å². The van der Waals surface area contributed by atoms with E-state index in [0.717, 1.165) is 0 Å². The van der Waals surface area contributed by atoms with E-state index in [0.29, 0.717) is 102 Å². The Balaban J connectivity index is 0.679. The molecule has 0 bridgehead atoms. The van der Waals surface area contributed by atoms with Crippen LogP contribution in [0.1, 0.15) is 81.4 Å². The Morgan fingerprint density at radius 1 is 0.234 bits per heavy atom. The lowest BCUT2D eigenvalue weighted by molar-refractivity contribution is -0.147. The first kappa shape index (κ1) is 84.9. The number of rotatable bonds is 56. The van der Waals surface area contributed by atoms with Gasteiger partial charge in [-0.1, -0.05) is 26.3 Å². The van der Waals surface area contributed by atoms with Gasteiger partial charge in [-0.25, -0.2) is 28.8 Å². The second kappa shape index (κ2) is 51.2. The summed E-state index contributed by atoms with van der Waals surface area (Å²) in [7, 11) is 0. The molecular formula is C79H88O28. The van der Waals surface area contributed by atoms with Crippen molar-refractivity contribution in [1.82, 2.24) is 0 Å². The van der Waals surface area contributed by atoms with Gasteiger partial charge in [0, 0.05) is 12.8 Å². The SMILES string of the molecule is C=CC(=C)OCCOCCOCCOc1ccc(C(=O)Oc2ccc(C(=O)Oc3ccc(C(=O)OCCOCCOCCOC(=O)CCCC(=O)OCCOCCOCCOC(=O)c4ccc(OC(=O)c5ccc(OC(=O)c6ccc(OCCOCCOCCOC(=C)C=C)cc6)cc5)cc4)cc3)cc2)cc1. The van der Waals surface area contributed by atoms with Gasteiger partial charge in [-0.2, -0.15) is 0 Å². The topological polar surface area (TPSA) is 321 Å². The second-order valence-electron chi connectivity index (χ2n) is 21.9. The number of hydrogen-bond acceptors (Lipinski definition) is 28. The molecule has 0 radical (unpaired) electrons. The van der Waals surface area contributed by atoms with Gasteiger partial charge in [-0.05, 0) is 164 Å². The molecule has 28 nitrogen and oxygen atoms in total. The molecule has 0 spiro atoms. The fourth-order valence-electron chi connectivity index (χ4n) is 8.48. The average molecular weight is 1490 g/mol. The van der Waals surface area contributed by atoms with Crippen molar-refractivity contribution >= 4 is 47.8 Å².